The van der Waals surface area contributed by atoms with Gasteiger partial charge in [-0.3, -0.25) is 9.69 Å². The van der Waals surface area contributed by atoms with Crippen molar-refractivity contribution < 1.29 is 4.79 Å². The van der Waals surface area contributed by atoms with Gasteiger partial charge in [0.15, 0.2) is 0 Å². The first kappa shape index (κ1) is 11.2. The number of hydrogen-bond donors (Lipinski definition) is 1. The minimum atomic E-state index is 0.802. The van der Waals surface area contributed by atoms with E-state index in [4.69, 9.17) is 0 Å². The Bertz CT molecular complexity index is 342. The van der Waals surface area contributed by atoms with E-state index in [1.807, 2.05) is 12.3 Å². The summed E-state index contributed by atoms with van der Waals surface area (Å²) in [7, 11) is 1.74. The fourth-order valence-electron chi connectivity index (χ4n) is 1.99. The SMILES string of the molecule is CN(C=O)c1cc([CH]N2CCCCC2)c[nH]1. The molecule has 0 spiro atoms. The number of piperidine rings is 1. The predicted octanol–water partition coefficient (Wildman–Crippen LogP) is 1.60. The number of aromatic amines is 1. The van der Waals surface area contributed by atoms with Gasteiger partial charge in [-0.1, -0.05) is 6.42 Å². The normalized spacial score (nSPS) is 17.3. The van der Waals surface area contributed by atoms with Crippen molar-refractivity contribution in [1.29, 1.82) is 0 Å². The maximum Gasteiger partial charge on any atom is 0.214 e. The van der Waals surface area contributed by atoms with Crippen molar-refractivity contribution in [3.05, 3.63) is 24.4 Å². The van der Waals surface area contributed by atoms with Gasteiger partial charge in [0.05, 0.1) is 6.54 Å². The third-order valence-corrected chi connectivity index (χ3v) is 2.95. The third-order valence-electron chi connectivity index (χ3n) is 2.95. The Balaban J connectivity index is 1.93. The maximum atomic E-state index is 10.6. The molecule has 0 atom stereocenters. The van der Waals surface area contributed by atoms with Gasteiger partial charge in [-0.15, -0.1) is 0 Å². The lowest BCUT2D eigenvalue weighted by Gasteiger charge is -2.25. The van der Waals surface area contributed by atoms with Crippen LogP contribution in [0.1, 0.15) is 24.8 Å². The number of rotatable bonds is 4. The van der Waals surface area contributed by atoms with Gasteiger partial charge >= 0.3 is 0 Å². The van der Waals surface area contributed by atoms with E-state index in [0.29, 0.717) is 0 Å². The van der Waals surface area contributed by atoms with Crippen molar-refractivity contribution >= 4 is 12.2 Å². The molecule has 2 rings (SSSR count). The second-order valence-electron chi connectivity index (χ2n) is 4.26. The molecule has 1 fully saturated rings. The Morgan fingerprint density at radius 2 is 2.12 bits per heavy atom. The Hall–Kier alpha value is -1.29. The molecule has 2 heterocycles. The van der Waals surface area contributed by atoms with Gasteiger partial charge < -0.3 is 9.88 Å². The molecule has 0 aliphatic carbocycles. The Morgan fingerprint density at radius 3 is 2.81 bits per heavy atom. The fourth-order valence-corrected chi connectivity index (χ4v) is 1.99. The lowest BCUT2D eigenvalue weighted by atomic mass is 10.1. The number of likely N-dealkylation sites (tertiary alicyclic amines) is 1. The minimum Gasteiger partial charge on any atom is -0.348 e. The first-order valence-corrected chi connectivity index (χ1v) is 5.75. The Kier molecular flexibility index (Phi) is 3.62. The van der Waals surface area contributed by atoms with Crippen molar-refractivity contribution in [2.24, 2.45) is 0 Å². The number of nitrogens with zero attached hydrogens (tertiary/aromatic N) is 2. The topological polar surface area (TPSA) is 39.3 Å². The molecule has 1 radical (unpaired) electrons. The van der Waals surface area contributed by atoms with E-state index in [1.165, 1.54) is 24.2 Å². The van der Waals surface area contributed by atoms with E-state index in [-0.39, 0.29) is 0 Å². The van der Waals surface area contributed by atoms with E-state index < -0.39 is 0 Å². The molecular formula is C12H18N3O. The van der Waals surface area contributed by atoms with Crippen LogP contribution in [0.5, 0.6) is 0 Å². The largest absolute Gasteiger partial charge is 0.348 e. The molecule has 1 aliphatic rings. The van der Waals surface area contributed by atoms with Crippen LogP contribution in [0.2, 0.25) is 0 Å². The summed E-state index contributed by atoms with van der Waals surface area (Å²) in [5.41, 5.74) is 1.13. The van der Waals surface area contributed by atoms with E-state index >= 15 is 0 Å². The van der Waals surface area contributed by atoms with Gasteiger partial charge in [-0.25, -0.2) is 0 Å². The highest BCUT2D eigenvalue weighted by atomic mass is 16.1. The maximum absolute atomic E-state index is 10.6. The van der Waals surface area contributed by atoms with Crippen molar-refractivity contribution in [3.8, 4) is 0 Å². The number of amides is 1. The van der Waals surface area contributed by atoms with Gasteiger partial charge in [-0.2, -0.15) is 0 Å². The van der Waals surface area contributed by atoms with Crippen LogP contribution in [0.4, 0.5) is 5.82 Å². The summed E-state index contributed by atoms with van der Waals surface area (Å²) in [6.45, 7) is 4.45. The van der Waals surface area contributed by atoms with E-state index in [1.54, 1.807) is 7.05 Å². The van der Waals surface area contributed by atoms with Crippen molar-refractivity contribution in [2.45, 2.75) is 19.3 Å². The summed E-state index contributed by atoms with van der Waals surface area (Å²) in [5.74, 6) is 0.832. The van der Waals surface area contributed by atoms with E-state index in [9.17, 15) is 4.79 Å². The van der Waals surface area contributed by atoms with Crippen LogP contribution in [0.3, 0.4) is 0 Å². The zero-order valence-corrected chi connectivity index (χ0v) is 9.65. The van der Waals surface area contributed by atoms with Gasteiger partial charge in [0.2, 0.25) is 6.41 Å². The number of hydrogen-bond acceptors (Lipinski definition) is 2. The minimum absolute atomic E-state index is 0.802. The van der Waals surface area contributed by atoms with Crippen LogP contribution in [0.25, 0.3) is 0 Å². The molecule has 1 N–H and O–H groups in total. The molecule has 0 unspecified atom stereocenters. The third kappa shape index (κ3) is 2.64. The lowest BCUT2D eigenvalue weighted by molar-refractivity contribution is -0.107. The predicted molar refractivity (Wildman–Crippen MR) is 64.1 cm³/mol. The van der Waals surface area contributed by atoms with Crippen molar-refractivity contribution in [2.75, 3.05) is 25.0 Å². The van der Waals surface area contributed by atoms with Crippen LogP contribution in [-0.4, -0.2) is 36.4 Å². The van der Waals surface area contributed by atoms with Crippen LogP contribution < -0.4 is 4.90 Å². The van der Waals surface area contributed by atoms with Crippen LogP contribution in [0.15, 0.2) is 12.3 Å². The van der Waals surface area contributed by atoms with Gasteiger partial charge in [0.1, 0.15) is 5.82 Å². The van der Waals surface area contributed by atoms with Crippen LogP contribution >= 0.6 is 0 Å². The zero-order chi connectivity index (χ0) is 11.4. The molecule has 1 aliphatic heterocycles. The monoisotopic (exact) mass is 220 g/mol. The molecule has 1 amide bonds. The van der Waals surface area contributed by atoms with E-state index in [0.717, 1.165) is 30.9 Å². The van der Waals surface area contributed by atoms with E-state index in [2.05, 4.69) is 16.4 Å². The second-order valence-corrected chi connectivity index (χ2v) is 4.26. The number of carbonyl (C=O) groups excluding carboxylic acids is 1. The number of anilines is 1. The van der Waals surface area contributed by atoms with Crippen molar-refractivity contribution in [1.82, 2.24) is 9.88 Å². The van der Waals surface area contributed by atoms with Crippen LogP contribution in [-0.2, 0) is 4.79 Å². The first-order chi connectivity index (χ1) is 7.79. The molecule has 4 nitrogen and oxygen atoms in total. The molecule has 1 aromatic rings. The highest BCUT2D eigenvalue weighted by Gasteiger charge is 2.12. The van der Waals surface area contributed by atoms with Crippen molar-refractivity contribution in [3.63, 3.8) is 0 Å². The summed E-state index contributed by atoms with van der Waals surface area (Å²) in [4.78, 5) is 17.6. The van der Waals surface area contributed by atoms with Gasteiger partial charge in [-0.05, 0) is 37.6 Å². The Morgan fingerprint density at radius 1 is 1.38 bits per heavy atom. The number of H-pyrrole nitrogens is 1. The number of nitrogens with one attached hydrogen (secondary N) is 1. The molecule has 1 saturated heterocycles. The number of aromatic nitrogens is 1. The summed E-state index contributed by atoms with van der Waals surface area (Å²) in [6.07, 6.45) is 6.64. The highest BCUT2D eigenvalue weighted by Crippen LogP contribution is 2.18. The number of carbonyl (C=O) groups is 1. The Labute approximate surface area is 96.2 Å². The second kappa shape index (κ2) is 5.16. The molecular weight excluding hydrogens is 202 g/mol. The standard InChI is InChI=1S/C12H18N3O/c1-14(10-16)12-7-11(8-13-12)9-15-5-3-2-4-6-15/h7-10,13H,2-6H2,1H3. The summed E-state index contributed by atoms with van der Waals surface area (Å²) in [6, 6.07) is 1.99. The molecule has 87 valence electrons. The summed E-state index contributed by atoms with van der Waals surface area (Å²) in [5, 5.41) is 0. The average molecular weight is 220 g/mol. The average Bonchev–Trinajstić information content (AvgIpc) is 2.78. The summed E-state index contributed by atoms with van der Waals surface area (Å²) >= 11 is 0. The van der Waals surface area contributed by atoms with Gasteiger partial charge in [0, 0.05) is 13.2 Å². The lowest BCUT2D eigenvalue weighted by Crippen LogP contribution is -2.27. The smallest absolute Gasteiger partial charge is 0.214 e. The highest BCUT2D eigenvalue weighted by molar-refractivity contribution is 5.72. The molecule has 0 aromatic carbocycles. The molecule has 16 heavy (non-hydrogen) atoms. The van der Waals surface area contributed by atoms with Gasteiger partial charge in [0.25, 0.3) is 0 Å². The summed E-state index contributed by atoms with van der Waals surface area (Å²) < 4.78 is 0. The quantitative estimate of drug-likeness (QED) is 0.783. The first-order valence-electron chi connectivity index (χ1n) is 5.75. The zero-order valence-electron chi connectivity index (χ0n) is 9.65. The molecule has 1 aromatic heterocycles. The fraction of sp³-hybridized carbons (Fsp3) is 0.500. The van der Waals surface area contributed by atoms with Crippen LogP contribution in [0, 0.1) is 6.54 Å². The molecule has 4 heteroatoms. The molecule has 0 saturated carbocycles. The molecule has 0 bridgehead atoms.